The van der Waals surface area contributed by atoms with Gasteiger partial charge in [0.15, 0.2) is 0 Å². The van der Waals surface area contributed by atoms with Gasteiger partial charge in [-0.05, 0) is 66.7 Å². The molecule has 2 aromatic heterocycles. The topological polar surface area (TPSA) is 25.5 Å². The van der Waals surface area contributed by atoms with E-state index in [1.54, 1.807) is 0 Å². The molecular formula is C44H32N4. The van der Waals surface area contributed by atoms with Crippen LogP contribution in [0, 0.1) is 0 Å². The summed E-state index contributed by atoms with van der Waals surface area (Å²) in [6.45, 7) is 4.99. The van der Waals surface area contributed by atoms with Gasteiger partial charge >= 0.3 is 0 Å². The Morgan fingerprint density at radius 2 is 1.00 bits per heavy atom. The molecule has 0 aliphatic carbocycles. The summed E-state index contributed by atoms with van der Waals surface area (Å²) in [6, 6.07) is 51.9. The van der Waals surface area contributed by atoms with E-state index in [1.807, 2.05) is 24.3 Å². The Morgan fingerprint density at radius 1 is 0.479 bits per heavy atom. The third-order valence-corrected chi connectivity index (χ3v) is 9.26. The van der Waals surface area contributed by atoms with Crippen LogP contribution in [0.4, 0.5) is 5.69 Å². The van der Waals surface area contributed by atoms with Crippen molar-refractivity contribution in [1.29, 1.82) is 0 Å². The highest BCUT2D eigenvalue weighted by atomic mass is 15.2. The summed E-state index contributed by atoms with van der Waals surface area (Å²) in [5, 5.41) is 4.94. The number of aromatic nitrogens is 2. The van der Waals surface area contributed by atoms with Gasteiger partial charge in [0.1, 0.15) is 5.84 Å². The largest absolute Gasteiger partial charge is 0.307 e. The van der Waals surface area contributed by atoms with Crippen molar-refractivity contribution in [2.45, 2.75) is 0 Å². The minimum atomic E-state index is 0.576. The van der Waals surface area contributed by atoms with Crippen LogP contribution in [0.2, 0.25) is 0 Å². The molecule has 0 atom stereocenters. The first-order valence-corrected chi connectivity index (χ1v) is 16.3. The molecule has 0 amide bonds. The highest BCUT2D eigenvalue weighted by Crippen LogP contribution is 2.41. The number of aliphatic imine (C=N–C) groups is 1. The molecule has 8 aromatic rings. The zero-order valence-electron chi connectivity index (χ0n) is 26.4. The number of benzene rings is 6. The summed E-state index contributed by atoms with van der Waals surface area (Å²) in [5.74, 6) is 0.864. The van der Waals surface area contributed by atoms with E-state index in [0.29, 0.717) is 6.54 Å². The second-order valence-corrected chi connectivity index (χ2v) is 12.1. The van der Waals surface area contributed by atoms with Crippen LogP contribution < -0.4 is 4.90 Å². The average Bonchev–Trinajstić information content (AvgIpc) is 3.69. The lowest BCUT2D eigenvalue weighted by Gasteiger charge is -2.27. The molecule has 1 aliphatic heterocycles. The third-order valence-electron chi connectivity index (χ3n) is 9.26. The Morgan fingerprint density at radius 3 is 1.60 bits per heavy atom. The maximum atomic E-state index is 5.07. The first-order valence-electron chi connectivity index (χ1n) is 16.3. The van der Waals surface area contributed by atoms with E-state index >= 15 is 0 Å². The van der Waals surface area contributed by atoms with Gasteiger partial charge in [-0.1, -0.05) is 110 Å². The van der Waals surface area contributed by atoms with Gasteiger partial charge in [0.2, 0.25) is 0 Å². The normalized spacial score (nSPS) is 16.1. The maximum Gasteiger partial charge on any atom is 0.140 e. The van der Waals surface area contributed by atoms with Crippen molar-refractivity contribution in [3.05, 3.63) is 188 Å². The van der Waals surface area contributed by atoms with Crippen molar-refractivity contribution in [2.75, 3.05) is 11.4 Å². The fraction of sp³-hybridized carbons (Fsp3) is 0.0227. The molecule has 4 heteroatoms. The number of nitrogens with zero attached hydrogens (tertiary/aromatic N) is 4. The van der Waals surface area contributed by atoms with Crippen molar-refractivity contribution in [1.82, 2.24) is 9.13 Å². The van der Waals surface area contributed by atoms with Gasteiger partial charge in [0.25, 0.3) is 0 Å². The first kappa shape index (κ1) is 27.9. The van der Waals surface area contributed by atoms with Crippen LogP contribution in [-0.2, 0) is 0 Å². The monoisotopic (exact) mass is 616 g/mol. The molecule has 0 N–H and O–H groups in total. The van der Waals surface area contributed by atoms with Gasteiger partial charge < -0.3 is 9.13 Å². The molecule has 1 aliphatic rings. The fourth-order valence-electron chi connectivity index (χ4n) is 7.19. The van der Waals surface area contributed by atoms with Crippen LogP contribution in [0.25, 0.3) is 55.0 Å². The summed E-state index contributed by atoms with van der Waals surface area (Å²) in [7, 11) is 0. The van der Waals surface area contributed by atoms with E-state index in [-0.39, 0.29) is 0 Å². The molecule has 9 rings (SSSR count). The Bertz CT molecular complexity index is 2580. The summed E-state index contributed by atoms with van der Waals surface area (Å²) < 4.78 is 4.85. The number of amidine groups is 1. The SMILES string of the molecule is C=C1/C=C\C=C/C/N=C(/c2ccc(-n3c4ccccc4c4ccc5c6ccccc6n(-c6ccccc6)c5c43)cc2)N1c1ccccc1. The standard InChI is InChI=1S/C44H32N4/c1-31-15-5-4-14-30-45-44(46(31)33-16-6-2-7-17-33)32-24-26-35(27-25-32)48-41-23-13-11-21-37(41)39-29-28-38-36-20-10-12-22-40(36)47(42(38)43(39)48)34-18-8-3-9-19-34/h2-29H,1,30H2/b14-4-,15-5-,45-44-. The van der Waals surface area contributed by atoms with Gasteiger partial charge in [-0.2, -0.15) is 0 Å². The Kier molecular flexibility index (Phi) is 6.65. The zero-order chi connectivity index (χ0) is 32.0. The molecule has 4 nitrogen and oxygen atoms in total. The van der Waals surface area contributed by atoms with Crippen LogP contribution >= 0.6 is 0 Å². The Balaban J connectivity index is 1.29. The lowest BCUT2D eigenvalue weighted by Crippen LogP contribution is -2.30. The van der Waals surface area contributed by atoms with Crippen LogP contribution in [0.1, 0.15) is 5.56 Å². The number of para-hydroxylation sites is 4. The minimum Gasteiger partial charge on any atom is -0.307 e. The molecule has 48 heavy (non-hydrogen) atoms. The van der Waals surface area contributed by atoms with Gasteiger partial charge in [-0.3, -0.25) is 9.89 Å². The van der Waals surface area contributed by atoms with E-state index in [0.717, 1.165) is 34.2 Å². The maximum absolute atomic E-state index is 5.07. The summed E-state index contributed by atoms with van der Waals surface area (Å²) in [5.41, 5.74) is 9.90. The highest BCUT2D eigenvalue weighted by Gasteiger charge is 2.22. The summed E-state index contributed by atoms with van der Waals surface area (Å²) in [6.07, 6.45) is 8.16. The predicted molar refractivity (Wildman–Crippen MR) is 203 cm³/mol. The van der Waals surface area contributed by atoms with Gasteiger partial charge in [-0.15, -0.1) is 0 Å². The molecule has 0 bridgehead atoms. The molecule has 0 saturated carbocycles. The lowest BCUT2D eigenvalue weighted by atomic mass is 10.1. The number of allylic oxidation sites excluding steroid dienone is 3. The molecule has 0 radical (unpaired) electrons. The van der Waals surface area contributed by atoms with Crippen LogP contribution in [0.15, 0.2) is 187 Å². The smallest absolute Gasteiger partial charge is 0.140 e. The fourth-order valence-corrected chi connectivity index (χ4v) is 7.19. The molecule has 6 aromatic carbocycles. The quantitative estimate of drug-likeness (QED) is 0.193. The number of anilines is 1. The molecule has 3 heterocycles. The Labute approximate surface area is 279 Å². The van der Waals surface area contributed by atoms with Gasteiger partial charge in [0, 0.05) is 49.9 Å². The van der Waals surface area contributed by atoms with E-state index < -0.39 is 0 Å². The van der Waals surface area contributed by atoms with Crippen molar-refractivity contribution < 1.29 is 0 Å². The lowest BCUT2D eigenvalue weighted by molar-refractivity contribution is 1.15. The molecule has 0 fully saturated rings. The van der Waals surface area contributed by atoms with Crippen molar-refractivity contribution >= 4 is 55.1 Å². The predicted octanol–water partition coefficient (Wildman–Crippen LogP) is 10.8. The van der Waals surface area contributed by atoms with E-state index in [4.69, 9.17) is 4.99 Å². The molecule has 0 spiro atoms. The van der Waals surface area contributed by atoms with Crippen molar-refractivity contribution in [3.63, 3.8) is 0 Å². The molecule has 228 valence electrons. The Hall–Kier alpha value is -6.39. The zero-order valence-corrected chi connectivity index (χ0v) is 26.4. The second-order valence-electron chi connectivity index (χ2n) is 12.1. The number of hydrogen-bond donors (Lipinski definition) is 0. The molecular weight excluding hydrogens is 585 g/mol. The number of rotatable bonds is 4. The molecule has 0 saturated heterocycles. The van der Waals surface area contributed by atoms with Gasteiger partial charge in [-0.25, -0.2) is 0 Å². The van der Waals surface area contributed by atoms with Crippen LogP contribution in [0.3, 0.4) is 0 Å². The first-order chi connectivity index (χ1) is 23.8. The number of hydrogen-bond acceptors (Lipinski definition) is 2. The summed E-state index contributed by atoms with van der Waals surface area (Å²) >= 11 is 0. The summed E-state index contributed by atoms with van der Waals surface area (Å²) in [4.78, 5) is 7.21. The van der Waals surface area contributed by atoms with Crippen LogP contribution in [0.5, 0.6) is 0 Å². The second kappa shape index (κ2) is 11.4. The van der Waals surface area contributed by atoms with Gasteiger partial charge in [0.05, 0.1) is 28.6 Å². The van der Waals surface area contributed by atoms with E-state index in [2.05, 4.69) is 166 Å². The van der Waals surface area contributed by atoms with Crippen molar-refractivity contribution in [2.24, 2.45) is 4.99 Å². The van der Waals surface area contributed by atoms with Crippen molar-refractivity contribution in [3.8, 4) is 11.4 Å². The average molecular weight is 617 g/mol. The third kappa shape index (κ3) is 4.42. The molecule has 0 unspecified atom stereocenters. The number of fused-ring (bicyclic) bond motifs is 7. The van der Waals surface area contributed by atoms with E-state index in [9.17, 15) is 0 Å². The van der Waals surface area contributed by atoms with Crippen LogP contribution in [-0.4, -0.2) is 21.5 Å². The highest BCUT2D eigenvalue weighted by molar-refractivity contribution is 6.24. The van der Waals surface area contributed by atoms with E-state index in [1.165, 1.54) is 43.6 Å². The minimum absolute atomic E-state index is 0.576.